The zero-order chi connectivity index (χ0) is 19.0. The zero-order valence-corrected chi connectivity index (χ0v) is 15.8. The second-order valence-corrected chi connectivity index (χ2v) is 8.28. The number of sulfonamides is 1. The van der Waals surface area contributed by atoms with Gasteiger partial charge in [0, 0.05) is 40.3 Å². The molecule has 0 atom stereocenters. The number of rotatable bonds is 11. The quantitative estimate of drug-likeness (QED) is 0.570. The molecule has 25 heavy (non-hydrogen) atoms. The van der Waals surface area contributed by atoms with Crippen LogP contribution in [0.4, 0.5) is 0 Å². The van der Waals surface area contributed by atoms with Gasteiger partial charge in [0.15, 0.2) is 0 Å². The number of unbranched alkanes of at least 4 members (excludes halogenated alkanes) is 4. The Morgan fingerprint density at radius 1 is 1.16 bits per heavy atom. The maximum atomic E-state index is 12.2. The average molecular weight is 373 g/mol. The van der Waals surface area contributed by atoms with Crippen LogP contribution in [-0.2, 0) is 21.9 Å². The number of nitrogens with zero attached hydrogens (tertiary/aromatic N) is 2. The fourth-order valence-electron chi connectivity index (χ4n) is 2.34. The number of aliphatic carboxylic acids is 1. The third-order valence-electron chi connectivity index (χ3n) is 3.84. The Bertz CT molecular complexity index is 695. The summed E-state index contributed by atoms with van der Waals surface area (Å²) < 4.78 is 26.8. The van der Waals surface area contributed by atoms with E-state index in [9.17, 15) is 18.0 Å². The van der Waals surface area contributed by atoms with Crippen molar-refractivity contribution >= 4 is 21.9 Å². The summed E-state index contributed by atoms with van der Waals surface area (Å²) in [6.07, 6.45) is 5.80. The Balaban J connectivity index is 2.41. The van der Waals surface area contributed by atoms with Crippen molar-refractivity contribution in [1.29, 1.82) is 0 Å². The monoisotopic (exact) mass is 373 g/mol. The summed E-state index contributed by atoms with van der Waals surface area (Å²) in [7, 11) is 0.951. The molecule has 9 heteroatoms. The van der Waals surface area contributed by atoms with Gasteiger partial charge < -0.3 is 15.0 Å². The van der Waals surface area contributed by atoms with Crippen LogP contribution in [0.15, 0.2) is 17.2 Å². The molecule has 0 saturated carbocycles. The van der Waals surface area contributed by atoms with Crippen LogP contribution in [-0.4, -0.2) is 54.9 Å². The van der Waals surface area contributed by atoms with Crippen molar-refractivity contribution in [3.8, 4) is 0 Å². The minimum Gasteiger partial charge on any atom is -0.481 e. The van der Waals surface area contributed by atoms with Gasteiger partial charge in [-0.05, 0) is 18.9 Å². The lowest BCUT2D eigenvalue weighted by Gasteiger charge is -2.08. The molecule has 1 rings (SSSR count). The van der Waals surface area contributed by atoms with Gasteiger partial charge in [0.2, 0.25) is 10.0 Å². The number of carboxylic acid groups (broad SMARTS) is 1. The number of aryl methyl sites for hydroxylation is 1. The molecule has 0 radical (unpaired) electrons. The molecule has 142 valence electrons. The molecule has 0 aromatic carbocycles. The van der Waals surface area contributed by atoms with Gasteiger partial charge in [0.25, 0.3) is 5.91 Å². The molecule has 0 fully saturated rings. The van der Waals surface area contributed by atoms with Crippen molar-refractivity contribution in [2.45, 2.75) is 43.4 Å². The SMILES string of the molecule is CN(C)S(=O)(=O)c1cc(C(=O)NCCCCCCCC(=O)O)n(C)c1. The Morgan fingerprint density at radius 3 is 2.36 bits per heavy atom. The van der Waals surface area contributed by atoms with Gasteiger partial charge in [-0.2, -0.15) is 0 Å². The van der Waals surface area contributed by atoms with Crippen LogP contribution < -0.4 is 5.32 Å². The van der Waals surface area contributed by atoms with Gasteiger partial charge in [0.1, 0.15) is 10.6 Å². The number of nitrogens with one attached hydrogen (secondary N) is 1. The van der Waals surface area contributed by atoms with Crippen molar-refractivity contribution < 1.29 is 23.1 Å². The topological polar surface area (TPSA) is 109 Å². The maximum Gasteiger partial charge on any atom is 0.303 e. The van der Waals surface area contributed by atoms with Gasteiger partial charge in [-0.3, -0.25) is 9.59 Å². The molecule has 0 aliphatic carbocycles. The zero-order valence-electron chi connectivity index (χ0n) is 15.0. The minimum absolute atomic E-state index is 0.0866. The van der Waals surface area contributed by atoms with E-state index in [0.29, 0.717) is 18.7 Å². The summed E-state index contributed by atoms with van der Waals surface area (Å²) in [4.78, 5) is 22.6. The van der Waals surface area contributed by atoms with E-state index in [1.807, 2.05) is 0 Å². The van der Waals surface area contributed by atoms with Crippen molar-refractivity contribution in [3.05, 3.63) is 18.0 Å². The van der Waals surface area contributed by atoms with E-state index in [2.05, 4.69) is 5.32 Å². The highest BCUT2D eigenvalue weighted by atomic mass is 32.2. The molecule has 0 bridgehead atoms. The van der Waals surface area contributed by atoms with Gasteiger partial charge in [-0.15, -0.1) is 0 Å². The molecule has 0 unspecified atom stereocenters. The minimum atomic E-state index is -3.57. The molecular weight excluding hydrogens is 346 g/mol. The number of amides is 1. The first-order valence-corrected chi connectivity index (χ1v) is 9.69. The van der Waals surface area contributed by atoms with Gasteiger partial charge >= 0.3 is 5.97 Å². The van der Waals surface area contributed by atoms with Crippen molar-refractivity contribution in [3.63, 3.8) is 0 Å². The van der Waals surface area contributed by atoms with E-state index >= 15 is 0 Å². The third-order valence-corrected chi connectivity index (χ3v) is 5.62. The molecule has 8 nitrogen and oxygen atoms in total. The van der Waals surface area contributed by atoms with Crippen molar-refractivity contribution in [1.82, 2.24) is 14.2 Å². The Morgan fingerprint density at radius 2 is 1.76 bits per heavy atom. The predicted octanol–water partition coefficient (Wildman–Crippen LogP) is 1.43. The lowest BCUT2D eigenvalue weighted by atomic mass is 10.1. The second-order valence-electron chi connectivity index (χ2n) is 6.13. The number of hydrogen-bond donors (Lipinski definition) is 2. The van der Waals surface area contributed by atoms with E-state index in [-0.39, 0.29) is 17.2 Å². The first-order valence-electron chi connectivity index (χ1n) is 8.25. The third kappa shape index (κ3) is 6.50. The van der Waals surface area contributed by atoms with Crippen LogP contribution in [0.1, 0.15) is 49.0 Å². The Hall–Kier alpha value is -1.87. The highest BCUT2D eigenvalue weighted by Gasteiger charge is 2.22. The molecular formula is C16H27N3O5S. The summed E-state index contributed by atoms with van der Waals surface area (Å²) in [5.74, 6) is -1.08. The molecule has 0 saturated heterocycles. The maximum absolute atomic E-state index is 12.2. The molecule has 0 aliphatic rings. The highest BCUT2D eigenvalue weighted by Crippen LogP contribution is 2.16. The van der Waals surface area contributed by atoms with E-state index in [0.717, 1.165) is 30.0 Å². The van der Waals surface area contributed by atoms with Crippen LogP contribution in [0.2, 0.25) is 0 Å². The van der Waals surface area contributed by atoms with Crippen LogP contribution in [0.3, 0.4) is 0 Å². The average Bonchev–Trinajstić information content (AvgIpc) is 2.92. The molecule has 2 N–H and O–H groups in total. The molecule has 1 aromatic heterocycles. The van der Waals surface area contributed by atoms with Gasteiger partial charge in [0.05, 0.1) is 0 Å². The van der Waals surface area contributed by atoms with E-state index in [4.69, 9.17) is 5.11 Å². The lowest BCUT2D eigenvalue weighted by molar-refractivity contribution is -0.137. The summed E-state index contributed by atoms with van der Waals surface area (Å²) in [5, 5.41) is 11.3. The fraction of sp³-hybridized carbons (Fsp3) is 0.625. The number of hydrogen-bond acceptors (Lipinski definition) is 4. The smallest absolute Gasteiger partial charge is 0.303 e. The van der Waals surface area contributed by atoms with Crippen molar-refractivity contribution in [2.75, 3.05) is 20.6 Å². The summed E-state index contributed by atoms with van der Waals surface area (Å²) in [5.41, 5.74) is 0.293. The van der Waals surface area contributed by atoms with E-state index < -0.39 is 16.0 Å². The van der Waals surface area contributed by atoms with Crippen LogP contribution in [0.25, 0.3) is 0 Å². The predicted molar refractivity (Wildman–Crippen MR) is 94.0 cm³/mol. The largest absolute Gasteiger partial charge is 0.481 e. The van der Waals surface area contributed by atoms with E-state index in [1.165, 1.54) is 30.9 Å². The Kier molecular flexibility index (Phi) is 8.11. The first kappa shape index (κ1) is 21.2. The van der Waals surface area contributed by atoms with Crippen molar-refractivity contribution in [2.24, 2.45) is 7.05 Å². The van der Waals surface area contributed by atoms with Gasteiger partial charge in [-0.1, -0.05) is 19.3 Å². The fourth-order valence-corrected chi connectivity index (χ4v) is 3.31. The van der Waals surface area contributed by atoms with Crippen LogP contribution in [0.5, 0.6) is 0 Å². The standard InChI is InChI=1S/C16H27N3O5S/c1-18(2)25(23,24)13-11-14(19(3)12-13)16(22)17-10-8-6-4-5-7-9-15(20)21/h11-12H,4-10H2,1-3H3,(H,17,22)(H,20,21). The van der Waals surface area contributed by atoms with E-state index in [1.54, 1.807) is 7.05 Å². The number of carboxylic acids is 1. The van der Waals surface area contributed by atoms with Crippen LogP contribution >= 0.6 is 0 Å². The molecule has 1 aromatic rings. The first-order chi connectivity index (χ1) is 11.7. The normalized spacial score (nSPS) is 11.7. The molecule has 1 amide bonds. The van der Waals surface area contributed by atoms with Gasteiger partial charge in [-0.25, -0.2) is 12.7 Å². The summed E-state index contributed by atoms with van der Waals surface area (Å²) >= 11 is 0. The molecule has 0 aliphatic heterocycles. The Labute approximate surface area is 148 Å². The summed E-state index contributed by atoms with van der Waals surface area (Å²) in [6, 6.07) is 1.37. The lowest BCUT2D eigenvalue weighted by Crippen LogP contribution is -2.26. The highest BCUT2D eigenvalue weighted by molar-refractivity contribution is 7.89. The number of carbonyl (C=O) groups excluding carboxylic acids is 1. The number of carbonyl (C=O) groups is 2. The van der Waals surface area contributed by atoms with Crippen LogP contribution in [0, 0.1) is 0 Å². The number of aromatic nitrogens is 1. The molecule has 1 heterocycles. The summed E-state index contributed by atoms with van der Waals surface area (Å²) in [6.45, 7) is 0.499. The second kappa shape index (κ2) is 9.57. The molecule has 0 spiro atoms.